The van der Waals surface area contributed by atoms with Crippen LogP contribution in [-0.2, 0) is 18.8 Å². The van der Waals surface area contributed by atoms with Gasteiger partial charge in [0.15, 0.2) is 0 Å². The molecule has 0 unspecified atom stereocenters. The average Bonchev–Trinajstić information content (AvgIpc) is 2.58. The number of ether oxygens (including phenoxy) is 2. The zero-order chi connectivity index (χ0) is 19.9. The van der Waals surface area contributed by atoms with Gasteiger partial charge in [-0.15, -0.1) is 0 Å². The van der Waals surface area contributed by atoms with Crippen molar-refractivity contribution in [3.05, 3.63) is 56.5 Å². The van der Waals surface area contributed by atoms with Gasteiger partial charge in [-0.3, -0.25) is 0 Å². The van der Waals surface area contributed by atoms with E-state index in [1.807, 2.05) is 0 Å². The maximum absolute atomic E-state index is 11.6. The normalized spacial score (nSPS) is 11.0. The van der Waals surface area contributed by atoms with Gasteiger partial charge in [-0.25, -0.2) is 8.37 Å². The fraction of sp³-hybridized carbons (Fsp3) is 0.250. The molecule has 2 aromatic rings. The number of rotatable bonds is 10. The summed E-state index contributed by atoms with van der Waals surface area (Å²) in [5.74, 6) is 0.715. The molecule has 0 aliphatic rings. The van der Waals surface area contributed by atoms with Crippen molar-refractivity contribution >= 4 is 56.8 Å². The number of hydrogen-bond acceptors (Lipinski definition) is 6. The molecule has 0 heterocycles. The van der Waals surface area contributed by atoms with E-state index in [1.165, 1.54) is 12.1 Å². The average molecular weight is 499 g/mol. The van der Waals surface area contributed by atoms with Crippen LogP contribution < -0.4 is 39.0 Å². The Morgan fingerprint density at radius 2 is 1.07 bits per heavy atom. The second-order valence-corrected chi connectivity index (χ2v) is 7.87. The van der Waals surface area contributed by atoms with Crippen LogP contribution in [0.2, 0.25) is 20.1 Å². The molecule has 0 aliphatic heterocycles. The van der Waals surface area contributed by atoms with Gasteiger partial charge in [0.25, 0.3) is 0 Å². The molecule has 28 heavy (non-hydrogen) atoms. The van der Waals surface area contributed by atoms with E-state index in [1.54, 1.807) is 24.3 Å². The van der Waals surface area contributed by atoms with Gasteiger partial charge < -0.3 is 9.47 Å². The number of benzene rings is 2. The molecule has 0 N–H and O–H groups in total. The molecule has 0 aliphatic carbocycles. The molecule has 0 amide bonds. The van der Waals surface area contributed by atoms with Crippen LogP contribution in [-0.4, -0.2) is 34.8 Å². The van der Waals surface area contributed by atoms with E-state index in [0.29, 0.717) is 31.6 Å². The molecule has 0 spiro atoms. The van der Waals surface area contributed by atoms with Gasteiger partial charge in [0.2, 0.25) is 0 Å². The van der Waals surface area contributed by atoms with Gasteiger partial charge in [-0.2, -0.15) is 8.42 Å². The van der Waals surface area contributed by atoms with Crippen molar-refractivity contribution in [2.45, 2.75) is 0 Å². The summed E-state index contributed by atoms with van der Waals surface area (Å²) in [5, 5.41) is 1.53. The molecule has 0 saturated heterocycles. The predicted octanol–water partition coefficient (Wildman–Crippen LogP) is 2.04. The first-order chi connectivity index (χ1) is 12.8. The molecular weight excluding hydrogens is 485 g/mol. The Balaban J connectivity index is 0.00000392. The van der Waals surface area contributed by atoms with Crippen molar-refractivity contribution in [3.63, 3.8) is 0 Å². The molecule has 0 saturated carbocycles. The molecule has 2 aromatic carbocycles. The first kappa shape index (κ1) is 26.1. The topological polar surface area (TPSA) is 71.1 Å². The third-order valence-corrected chi connectivity index (χ3v) is 4.90. The molecular formula is C16H14Cl4NaO6S+. The second kappa shape index (κ2) is 12.7. The Morgan fingerprint density at radius 1 is 0.679 bits per heavy atom. The summed E-state index contributed by atoms with van der Waals surface area (Å²) >= 11 is 23.4. The van der Waals surface area contributed by atoms with Crippen molar-refractivity contribution in [3.8, 4) is 11.5 Å². The summed E-state index contributed by atoms with van der Waals surface area (Å²) in [7, 11) is -4.19. The van der Waals surface area contributed by atoms with Gasteiger partial charge in [0.1, 0.15) is 37.9 Å². The van der Waals surface area contributed by atoms with Gasteiger partial charge in [-0.05, 0) is 36.4 Å². The molecule has 6 nitrogen and oxygen atoms in total. The first-order valence-corrected chi connectivity index (χ1v) is 10.3. The van der Waals surface area contributed by atoms with E-state index in [2.05, 4.69) is 8.37 Å². The van der Waals surface area contributed by atoms with E-state index in [9.17, 15) is 8.42 Å². The minimum absolute atomic E-state index is 0. The summed E-state index contributed by atoms with van der Waals surface area (Å²) in [6.07, 6.45) is 0. The van der Waals surface area contributed by atoms with E-state index in [0.717, 1.165) is 0 Å². The predicted molar refractivity (Wildman–Crippen MR) is 105 cm³/mol. The van der Waals surface area contributed by atoms with Crippen molar-refractivity contribution in [2.75, 3.05) is 26.4 Å². The van der Waals surface area contributed by atoms with E-state index >= 15 is 0 Å². The summed E-state index contributed by atoms with van der Waals surface area (Å²) in [5.41, 5.74) is 0. The number of halogens is 4. The number of hydrogen-bond donors (Lipinski definition) is 0. The third-order valence-electron chi connectivity index (χ3n) is 2.92. The summed E-state index contributed by atoms with van der Waals surface area (Å²) in [4.78, 5) is 0. The Morgan fingerprint density at radius 3 is 1.43 bits per heavy atom. The van der Waals surface area contributed by atoms with Gasteiger partial charge in [0.05, 0.1) is 10.0 Å². The largest absolute Gasteiger partial charge is 1.00 e. The van der Waals surface area contributed by atoms with Crippen molar-refractivity contribution in [2.24, 2.45) is 0 Å². The van der Waals surface area contributed by atoms with E-state index in [-0.39, 0.29) is 56.0 Å². The van der Waals surface area contributed by atoms with Crippen LogP contribution >= 0.6 is 46.4 Å². The van der Waals surface area contributed by atoms with Crippen LogP contribution in [0.1, 0.15) is 0 Å². The van der Waals surface area contributed by atoms with Crippen molar-refractivity contribution < 1.29 is 55.8 Å². The molecule has 148 valence electrons. The van der Waals surface area contributed by atoms with Crippen LogP contribution in [0.3, 0.4) is 0 Å². The second-order valence-electron chi connectivity index (χ2n) is 4.90. The maximum Gasteiger partial charge on any atom is 1.00 e. The summed E-state index contributed by atoms with van der Waals surface area (Å²) < 4.78 is 43.2. The minimum atomic E-state index is -4.19. The molecule has 0 aromatic heterocycles. The van der Waals surface area contributed by atoms with Gasteiger partial charge in [0, 0.05) is 10.0 Å². The summed E-state index contributed by atoms with van der Waals surface area (Å²) in [6, 6.07) is 9.33. The molecule has 12 heteroatoms. The Hall–Kier alpha value is 0.0700. The summed E-state index contributed by atoms with van der Waals surface area (Å²) in [6.45, 7) is -0.627. The molecule has 0 atom stereocenters. The Bertz CT molecular complexity index is 816. The Kier molecular flexibility index (Phi) is 11.8. The fourth-order valence-electron chi connectivity index (χ4n) is 1.79. The minimum Gasteiger partial charge on any atom is -0.490 e. The van der Waals surface area contributed by atoms with Crippen LogP contribution in [0.25, 0.3) is 0 Å². The standard InChI is InChI=1S/C16H14Cl4O6S.Na/c17-11-1-3-15(13(19)9-11)23-5-7-25-27(21,22)26-8-6-24-16-4-2-12(18)10-14(16)20;/h1-4,9-10H,5-8H2;/q;+1. The molecule has 0 fully saturated rings. The van der Waals surface area contributed by atoms with Gasteiger partial charge >= 0.3 is 40.0 Å². The molecule has 0 bridgehead atoms. The zero-order valence-electron chi connectivity index (χ0n) is 14.7. The van der Waals surface area contributed by atoms with E-state index < -0.39 is 10.4 Å². The van der Waals surface area contributed by atoms with Crippen LogP contribution in [0.15, 0.2) is 36.4 Å². The molecule has 0 radical (unpaired) electrons. The maximum atomic E-state index is 11.6. The van der Waals surface area contributed by atoms with Crippen LogP contribution in [0.5, 0.6) is 11.5 Å². The molecule has 2 rings (SSSR count). The third kappa shape index (κ3) is 9.26. The zero-order valence-corrected chi connectivity index (χ0v) is 20.5. The van der Waals surface area contributed by atoms with Crippen LogP contribution in [0, 0.1) is 0 Å². The van der Waals surface area contributed by atoms with Crippen molar-refractivity contribution in [1.29, 1.82) is 0 Å². The van der Waals surface area contributed by atoms with Gasteiger partial charge in [-0.1, -0.05) is 46.4 Å². The Labute approximate surface area is 205 Å². The fourth-order valence-corrected chi connectivity index (χ4v) is 3.33. The van der Waals surface area contributed by atoms with Crippen LogP contribution in [0.4, 0.5) is 0 Å². The smallest absolute Gasteiger partial charge is 0.490 e. The van der Waals surface area contributed by atoms with E-state index in [4.69, 9.17) is 55.9 Å². The SMILES string of the molecule is O=S(=O)(OCCOc1ccc(Cl)cc1Cl)OCCOc1ccc(Cl)cc1Cl.[Na+]. The quantitative estimate of drug-likeness (QED) is 0.369. The monoisotopic (exact) mass is 497 g/mol. The van der Waals surface area contributed by atoms with Crippen molar-refractivity contribution in [1.82, 2.24) is 0 Å². The first-order valence-electron chi connectivity index (χ1n) is 7.46.